The van der Waals surface area contributed by atoms with Gasteiger partial charge in [0.25, 0.3) is 0 Å². The lowest BCUT2D eigenvalue weighted by Gasteiger charge is -2.14. The zero-order chi connectivity index (χ0) is 15.7. The van der Waals surface area contributed by atoms with Crippen LogP contribution in [0.1, 0.15) is 25.1 Å². The molecule has 5 nitrogen and oxygen atoms in total. The fraction of sp³-hybridized carbons (Fsp3) is 0.500. The van der Waals surface area contributed by atoms with Crippen LogP contribution < -0.4 is 5.32 Å². The maximum absolute atomic E-state index is 13.3. The van der Waals surface area contributed by atoms with Gasteiger partial charge in [0.05, 0.1) is 23.1 Å². The van der Waals surface area contributed by atoms with E-state index >= 15 is 0 Å². The van der Waals surface area contributed by atoms with Gasteiger partial charge < -0.3 is 15.0 Å². The molecule has 118 valence electrons. The zero-order valence-electron chi connectivity index (χ0n) is 12.6. The number of nitrogens with zero attached hydrogens (tertiary/aromatic N) is 2. The summed E-state index contributed by atoms with van der Waals surface area (Å²) in [6.07, 6.45) is 2.41. The number of benzene rings is 1. The van der Waals surface area contributed by atoms with E-state index in [2.05, 4.69) is 10.3 Å². The SMILES string of the molecule is Cn1c(CCNC(=O)C2CCCC2O)nc2ccc(F)cc21. The minimum atomic E-state index is -0.515. The summed E-state index contributed by atoms with van der Waals surface area (Å²) >= 11 is 0. The Hall–Kier alpha value is -1.95. The van der Waals surface area contributed by atoms with Gasteiger partial charge in [0.2, 0.25) is 5.91 Å². The number of aliphatic hydroxyl groups excluding tert-OH is 1. The molecule has 1 aromatic carbocycles. The summed E-state index contributed by atoms with van der Waals surface area (Å²) in [5.74, 6) is 0.141. The van der Waals surface area contributed by atoms with E-state index in [9.17, 15) is 14.3 Å². The van der Waals surface area contributed by atoms with Crippen molar-refractivity contribution >= 4 is 16.9 Å². The molecule has 1 fully saturated rings. The molecular formula is C16H20FN3O2. The number of aromatic nitrogens is 2. The third kappa shape index (κ3) is 2.83. The van der Waals surface area contributed by atoms with E-state index < -0.39 is 6.10 Å². The predicted molar refractivity (Wildman–Crippen MR) is 80.7 cm³/mol. The quantitative estimate of drug-likeness (QED) is 0.900. The first-order chi connectivity index (χ1) is 10.6. The normalized spacial score (nSPS) is 21.4. The van der Waals surface area contributed by atoms with Gasteiger partial charge in [-0.15, -0.1) is 0 Å². The molecule has 0 bridgehead atoms. The first-order valence-electron chi connectivity index (χ1n) is 7.63. The summed E-state index contributed by atoms with van der Waals surface area (Å²) in [4.78, 5) is 16.5. The molecule has 0 saturated heterocycles. The first-order valence-corrected chi connectivity index (χ1v) is 7.63. The first kappa shape index (κ1) is 15.0. The van der Waals surface area contributed by atoms with Crippen molar-refractivity contribution in [1.29, 1.82) is 0 Å². The number of halogens is 1. The molecule has 1 amide bonds. The molecule has 3 rings (SSSR count). The van der Waals surface area contributed by atoms with Gasteiger partial charge in [-0.1, -0.05) is 0 Å². The molecular weight excluding hydrogens is 285 g/mol. The summed E-state index contributed by atoms with van der Waals surface area (Å²) in [7, 11) is 1.84. The fourth-order valence-corrected chi connectivity index (χ4v) is 3.11. The van der Waals surface area contributed by atoms with Gasteiger partial charge in [-0.2, -0.15) is 0 Å². The molecule has 1 saturated carbocycles. The monoisotopic (exact) mass is 305 g/mol. The third-order valence-corrected chi connectivity index (χ3v) is 4.40. The molecule has 1 aliphatic carbocycles. The second-order valence-corrected chi connectivity index (χ2v) is 5.87. The Bertz CT molecular complexity index is 698. The second-order valence-electron chi connectivity index (χ2n) is 5.87. The van der Waals surface area contributed by atoms with Crippen LogP contribution in [-0.4, -0.2) is 33.2 Å². The minimum absolute atomic E-state index is 0.0881. The number of rotatable bonds is 4. The second kappa shape index (κ2) is 6.04. The number of hydrogen-bond acceptors (Lipinski definition) is 3. The Kier molecular flexibility index (Phi) is 4.11. The minimum Gasteiger partial charge on any atom is -0.392 e. The lowest BCUT2D eigenvalue weighted by Crippen LogP contribution is -2.36. The van der Waals surface area contributed by atoms with E-state index in [1.165, 1.54) is 12.1 Å². The van der Waals surface area contributed by atoms with E-state index in [0.717, 1.165) is 29.7 Å². The van der Waals surface area contributed by atoms with Crippen LogP contribution in [0.3, 0.4) is 0 Å². The van der Waals surface area contributed by atoms with Crippen LogP contribution in [-0.2, 0) is 18.3 Å². The summed E-state index contributed by atoms with van der Waals surface area (Å²) < 4.78 is 15.1. The standard InChI is InChI=1S/C16H20FN3O2/c1-20-13-9-10(17)5-6-12(13)19-15(20)7-8-18-16(22)11-3-2-4-14(11)21/h5-6,9,11,14,21H,2-4,7-8H2,1H3,(H,18,22). The van der Waals surface area contributed by atoms with Crippen molar-refractivity contribution in [2.75, 3.05) is 6.54 Å². The molecule has 2 atom stereocenters. The van der Waals surface area contributed by atoms with Crippen molar-refractivity contribution in [3.8, 4) is 0 Å². The van der Waals surface area contributed by atoms with Crippen LogP contribution in [0.15, 0.2) is 18.2 Å². The van der Waals surface area contributed by atoms with Gasteiger partial charge in [0.15, 0.2) is 0 Å². The number of carbonyl (C=O) groups is 1. The Balaban J connectivity index is 1.62. The highest BCUT2D eigenvalue weighted by Crippen LogP contribution is 2.25. The van der Waals surface area contributed by atoms with Crippen LogP contribution in [0.2, 0.25) is 0 Å². The number of hydrogen-bond donors (Lipinski definition) is 2. The number of imidazole rings is 1. The highest BCUT2D eigenvalue weighted by atomic mass is 19.1. The molecule has 2 N–H and O–H groups in total. The Morgan fingerprint density at radius 1 is 1.50 bits per heavy atom. The van der Waals surface area contributed by atoms with Gasteiger partial charge >= 0.3 is 0 Å². The predicted octanol–water partition coefficient (Wildman–Crippen LogP) is 1.53. The smallest absolute Gasteiger partial charge is 0.225 e. The van der Waals surface area contributed by atoms with Crippen molar-refractivity contribution in [3.05, 3.63) is 29.8 Å². The van der Waals surface area contributed by atoms with E-state index in [4.69, 9.17) is 0 Å². The largest absolute Gasteiger partial charge is 0.392 e. The number of carbonyl (C=O) groups excluding carboxylic acids is 1. The molecule has 1 aromatic heterocycles. The van der Waals surface area contributed by atoms with E-state index in [1.54, 1.807) is 6.07 Å². The van der Waals surface area contributed by atoms with Gasteiger partial charge in [0.1, 0.15) is 11.6 Å². The van der Waals surface area contributed by atoms with E-state index in [-0.39, 0.29) is 17.6 Å². The molecule has 1 aliphatic rings. The van der Waals surface area contributed by atoms with Crippen molar-refractivity contribution in [3.63, 3.8) is 0 Å². The van der Waals surface area contributed by atoms with Crippen molar-refractivity contribution in [2.24, 2.45) is 13.0 Å². The number of nitrogens with one attached hydrogen (secondary N) is 1. The summed E-state index contributed by atoms with van der Waals surface area (Å²) in [6, 6.07) is 4.50. The highest BCUT2D eigenvalue weighted by Gasteiger charge is 2.31. The molecule has 2 unspecified atom stereocenters. The van der Waals surface area contributed by atoms with Gasteiger partial charge in [-0.25, -0.2) is 9.37 Å². The van der Waals surface area contributed by atoms with Crippen LogP contribution in [0.5, 0.6) is 0 Å². The molecule has 22 heavy (non-hydrogen) atoms. The average molecular weight is 305 g/mol. The van der Waals surface area contributed by atoms with E-state index in [0.29, 0.717) is 19.4 Å². The lowest BCUT2D eigenvalue weighted by atomic mass is 10.1. The van der Waals surface area contributed by atoms with Crippen LogP contribution in [0.4, 0.5) is 4.39 Å². The molecule has 1 heterocycles. The third-order valence-electron chi connectivity index (χ3n) is 4.40. The molecule has 0 aliphatic heterocycles. The maximum atomic E-state index is 13.3. The number of aliphatic hydroxyl groups is 1. The molecule has 6 heteroatoms. The number of fused-ring (bicyclic) bond motifs is 1. The van der Waals surface area contributed by atoms with Crippen molar-refractivity contribution in [2.45, 2.75) is 31.8 Å². The summed E-state index contributed by atoms with van der Waals surface area (Å²) in [5, 5.41) is 12.6. The summed E-state index contributed by atoms with van der Waals surface area (Å²) in [5.41, 5.74) is 1.49. The van der Waals surface area contributed by atoms with Crippen LogP contribution >= 0.6 is 0 Å². The molecule has 0 radical (unpaired) electrons. The van der Waals surface area contributed by atoms with Gasteiger partial charge in [-0.3, -0.25) is 4.79 Å². The average Bonchev–Trinajstić information content (AvgIpc) is 3.04. The van der Waals surface area contributed by atoms with Crippen LogP contribution in [0, 0.1) is 11.7 Å². The molecule has 2 aromatic rings. The zero-order valence-corrected chi connectivity index (χ0v) is 12.6. The number of amides is 1. The van der Waals surface area contributed by atoms with Gasteiger partial charge in [-0.05, 0) is 37.5 Å². The Morgan fingerprint density at radius 3 is 3.05 bits per heavy atom. The fourth-order valence-electron chi connectivity index (χ4n) is 3.11. The van der Waals surface area contributed by atoms with Gasteiger partial charge in [0, 0.05) is 20.0 Å². The Morgan fingerprint density at radius 2 is 2.32 bits per heavy atom. The van der Waals surface area contributed by atoms with E-state index in [1.807, 2.05) is 11.6 Å². The molecule has 0 spiro atoms. The van der Waals surface area contributed by atoms with Crippen molar-refractivity contribution < 1.29 is 14.3 Å². The maximum Gasteiger partial charge on any atom is 0.225 e. The number of aryl methyl sites for hydroxylation is 1. The summed E-state index contributed by atoms with van der Waals surface area (Å²) in [6.45, 7) is 0.460. The van der Waals surface area contributed by atoms with Crippen molar-refractivity contribution in [1.82, 2.24) is 14.9 Å². The topological polar surface area (TPSA) is 67.2 Å². The highest BCUT2D eigenvalue weighted by molar-refractivity contribution is 5.79. The Labute approximate surface area is 128 Å². The van der Waals surface area contributed by atoms with Crippen LogP contribution in [0.25, 0.3) is 11.0 Å². The lowest BCUT2D eigenvalue weighted by molar-refractivity contribution is -0.127.